The van der Waals surface area contributed by atoms with Crippen molar-refractivity contribution in [1.29, 1.82) is 0 Å². The molecule has 0 aliphatic rings. The van der Waals surface area contributed by atoms with E-state index in [9.17, 15) is 13.2 Å². The molecule has 1 rings (SSSR count). The van der Waals surface area contributed by atoms with E-state index in [1.807, 2.05) is 0 Å². The van der Waals surface area contributed by atoms with Gasteiger partial charge in [-0.1, -0.05) is 18.2 Å². The number of carbonyl (C=O) groups is 1. The Kier molecular flexibility index (Phi) is 3.54. The number of nitrogens with zero attached hydrogens (tertiary/aromatic N) is 1. The smallest absolute Gasteiger partial charge is 0.327 e. The lowest BCUT2D eigenvalue weighted by Crippen LogP contribution is -2.42. The van der Waals surface area contributed by atoms with E-state index in [1.165, 1.54) is 6.92 Å². The molecule has 6 heteroatoms. The summed E-state index contributed by atoms with van der Waals surface area (Å²) in [5.74, 6) is -1.19. The van der Waals surface area contributed by atoms with Crippen LogP contribution in [0.25, 0.3) is 0 Å². The Morgan fingerprint density at radius 2 is 1.81 bits per heavy atom. The number of hydrogen-bond donors (Lipinski definition) is 1. The molecule has 0 heterocycles. The van der Waals surface area contributed by atoms with Crippen LogP contribution >= 0.6 is 0 Å². The minimum atomic E-state index is -3.61. The number of aliphatic carboxylic acids is 1. The van der Waals surface area contributed by atoms with E-state index in [4.69, 9.17) is 5.11 Å². The second kappa shape index (κ2) is 4.52. The Bertz CT molecular complexity index is 469. The molecule has 1 aromatic rings. The topological polar surface area (TPSA) is 74.7 Å². The van der Waals surface area contributed by atoms with Crippen LogP contribution in [0.15, 0.2) is 30.3 Å². The van der Waals surface area contributed by atoms with Gasteiger partial charge in [0.15, 0.2) is 0 Å². The SMILES string of the molecule is CC(C(=O)O)N(c1ccccc1)S(C)(=O)=O. The summed E-state index contributed by atoms with van der Waals surface area (Å²) >= 11 is 0. The molecule has 0 amide bonds. The fourth-order valence-electron chi connectivity index (χ4n) is 1.38. The molecule has 0 spiro atoms. The Morgan fingerprint density at radius 3 is 2.19 bits per heavy atom. The molecule has 88 valence electrons. The van der Waals surface area contributed by atoms with Crippen LogP contribution in [0.1, 0.15) is 6.92 Å². The van der Waals surface area contributed by atoms with E-state index in [2.05, 4.69) is 0 Å². The zero-order valence-electron chi connectivity index (χ0n) is 8.99. The minimum absolute atomic E-state index is 0.347. The standard InChI is InChI=1S/C10H13NO4S/c1-8(10(12)13)11(16(2,14)15)9-6-4-3-5-7-9/h3-8H,1-2H3,(H,12,13). The van der Waals surface area contributed by atoms with E-state index in [0.717, 1.165) is 10.6 Å². The molecule has 0 aromatic heterocycles. The van der Waals surface area contributed by atoms with Crippen LogP contribution in [-0.2, 0) is 14.8 Å². The van der Waals surface area contributed by atoms with Crippen LogP contribution < -0.4 is 4.31 Å². The number of carboxylic acid groups (broad SMARTS) is 1. The molecule has 0 bridgehead atoms. The summed E-state index contributed by atoms with van der Waals surface area (Å²) in [6.07, 6.45) is 0.986. The highest BCUT2D eigenvalue weighted by Crippen LogP contribution is 2.19. The van der Waals surface area contributed by atoms with Crippen molar-refractivity contribution in [2.75, 3.05) is 10.6 Å². The van der Waals surface area contributed by atoms with E-state index in [1.54, 1.807) is 30.3 Å². The predicted molar refractivity (Wildman–Crippen MR) is 60.9 cm³/mol. The van der Waals surface area contributed by atoms with Crippen molar-refractivity contribution >= 4 is 21.7 Å². The van der Waals surface area contributed by atoms with Gasteiger partial charge in [-0.3, -0.25) is 4.31 Å². The maximum absolute atomic E-state index is 11.5. The van der Waals surface area contributed by atoms with Crippen molar-refractivity contribution in [2.24, 2.45) is 0 Å². The summed E-state index contributed by atoms with van der Waals surface area (Å²) in [7, 11) is -3.61. The van der Waals surface area contributed by atoms with Crippen molar-refractivity contribution in [3.63, 3.8) is 0 Å². The second-order valence-electron chi connectivity index (χ2n) is 3.41. The fourth-order valence-corrected chi connectivity index (χ4v) is 2.55. The lowest BCUT2D eigenvalue weighted by atomic mass is 10.2. The van der Waals surface area contributed by atoms with Crippen LogP contribution in [0, 0.1) is 0 Å². The second-order valence-corrected chi connectivity index (χ2v) is 5.27. The maximum atomic E-state index is 11.5. The first-order valence-electron chi connectivity index (χ1n) is 4.61. The summed E-state index contributed by atoms with van der Waals surface area (Å²) in [4.78, 5) is 10.9. The first-order chi connectivity index (χ1) is 7.34. The van der Waals surface area contributed by atoms with Crippen molar-refractivity contribution in [3.8, 4) is 0 Å². The molecule has 0 saturated carbocycles. The maximum Gasteiger partial charge on any atom is 0.327 e. The van der Waals surface area contributed by atoms with E-state index < -0.39 is 22.0 Å². The molecule has 16 heavy (non-hydrogen) atoms. The van der Waals surface area contributed by atoms with Crippen LogP contribution in [0.4, 0.5) is 5.69 Å². The molecule has 0 fully saturated rings. The van der Waals surface area contributed by atoms with Gasteiger partial charge in [-0.25, -0.2) is 13.2 Å². The molecule has 5 nitrogen and oxygen atoms in total. The van der Waals surface area contributed by atoms with Crippen LogP contribution in [-0.4, -0.2) is 31.8 Å². The highest BCUT2D eigenvalue weighted by molar-refractivity contribution is 7.92. The molecule has 0 aliphatic heterocycles. The van der Waals surface area contributed by atoms with Gasteiger partial charge in [0.1, 0.15) is 6.04 Å². The van der Waals surface area contributed by atoms with Crippen molar-refractivity contribution < 1.29 is 18.3 Å². The molecule has 0 radical (unpaired) electrons. The van der Waals surface area contributed by atoms with Crippen LogP contribution in [0.5, 0.6) is 0 Å². The third kappa shape index (κ3) is 2.73. The molecule has 0 aliphatic carbocycles. The van der Waals surface area contributed by atoms with Gasteiger partial charge in [-0.15, -0.1) is 0 Å². The highest BCUT2D eigenvalue weighted by Gasteiger charge is 2.28. The lowest BCUT2D eigenvalue weighted by Gasteiger charge is -2.25. The number of carboxylic acids is 1. The molecule has 1 atom stereocenters. The fraction of sp³-hybridized carbons (Fsp3) is 0.300. The zero-order valence-corrected chi connectivity index (χ0v) is 9.81. The third-order valence-electron chi connectivity index (χ3n) is 2.08. The lowest BCUT2D eigenvalue weighted by molar-refractivity contribution is -0.137. The first-order valence-corrected chi connectivity index (χ1v) is 6.46. The average Bonchev–Trinajstić information content (AvgIpc) is 2.17. The molecule has 1 aromatic carbocycles. The van der Waals surface area contributed by atoms with Gasteiger partial charge in [-0.05, 0) is 19.1 Å². The Labute approximate surface area is 94.4 Å². The molecular formula is C10H13NO4S. The van der Waals surface area contributed by atoms with Gasteiger partial charge in [0.05, 0.1) is 11.9 Å². The summed E-state index contributed by atoms with van der Waals surface area (Å²) < 4.78 is 24.0. The molecular weight excluding hydrogens is 230 g/mol. The average molecular weight is 243 g/mol. The minimum Gasteiger partial charge on any atom is -0.480 e. The van der Waals surface area contributed by atoms with Gasteiger partial charge in [0.2, 0.25) is 10.0 Å². The summed E-state index contributed by atoms with van der Waals surface area (Å²) in [6.45, 7) is 1.33. The summed E-state index contributed by atoms with van der Waals surface area (Å²) in [5.41, 5.74) is 0.347. The Balaban J connectivity index is 3.23. The number of anilines is 1. The quantitative estimate of drug-likeness (QED) is 0.853. The largest absolute Gasteiger partial charge is 0.480 e. The third-order valence-corrected chi connectivity index (χ3v) is 3.32. The molecule has 0 saturated heterocycles. The summed E-state index contributed by atoms with van der Waals surface area (Å²) in [5, 5.41) is 8.87. The Morgan fingerprint density at radius 1 is 1.31 bits per heavy atom. The Hall–Kier alpha value is -1.56. The van der Waals surface area contributed by atoms with Crippen molar-refractivity contribution in [2.45, 2.75) is 13.0 Å². The number of hydrogen-bond acceptors (Lipinski definition) is 3. The number of para-hydroxylation sites is 1. The van der Waals surface area contributed by atoms with Crippen LogP contribution in [0.2, 0.25) is 0 Å². The number of benzene rings is 1. The highest BCUT2D eigenvalue weighted by atomic mass is 32.2. The number of sulfonamides is 1. The van der Waals surface area contributed by atoms with Gasteiger partial charge >= 0.3 is 5.97 Å². The predicted octanol–water partition coefficient (Wildman–Crippen LogP) is 0.926. The zero-order chi connectivity index (χ0) is 12.3. The van der Waals surface area contributed by atoms with Crippen molar-refractivity contribution in [1.82, 2.24) is 0 Å². The number of rotatable bonds is 4. The van der Waals surface area contributed by atoms with Gasteiger partial charge in [-0.2, -0.15) is 0 Å². The van der Waals surface area contributed by atoms with Crippen molar-refractivity contribution in [3.05, 3.63) is 30.3 Å². The summed E-state index contributed by atoms with van der Waals surface area (Å²) in [6, 6.07) is 7.03. The first kappa shape index (κ1) is 12.5. The van der Waals surface area contributed by atoms with Gasteiger partial charge < -0.3 is 5.11 Å². The molecule has 1 unspecified atom stereocenters. The van der Waals surface area contributed by atoms with Crippen LogP contribution in [0.3, 0.4) is 0 Å². The normalized spacial score (nSPS) is 13.1. The van der Waals surface area contributed by atoms with Gasteiger partial charge in [0.25, 0.3) is 0 Å². The van der Waals surface area contributed by atoms with E-state index >= 15 is 0 Å². The van der Waals surface area contributed by atoms with Gasteiger partial charge in [0, 0.05) is 0 Å². The molecule has 1 N–H and O–H groups in total. The monoisotopic (exact) mass is 243 g/mol. The van der Waals surface area contributed by atoms with E-state index in [0.29, 0.717) is 5.69 Å². The van der Waals surface area contributed by atoms with E-state index in [-0.39, 0.29) is 0 Å².